The molecule has 5 rings (SSSR count). The summed E-state index contributed by atoms with van der Waals surface area (Å²) in [5, 5.41) is 0.818. The van der Waals surface area contributed by atoms with Crippen LogP contribution in [-0.2, 0) is 6.42 Å². The maximum Gasteiger partial charge on any atom is 0.270 e. The molecule has 1 aliphatic heterocycles. The minimum absolute atomic E-state index is 0.0313. The van der Waals surface area contributed by atoms with E-state index in [9.17, 15) is 4.79 Å². The number of anilines is 1. The van der Waals surface area contributed by atoms with Crippen molar-refractivity contribution in [2.45, 2.75) is 13.3 Å². The van der Waals surface area contributed by atoms with Crippen molar-refractivity contribution in [3.8, 4) is 16.3 Å². The third-order valence-corrected chi connectivity index (χ3v) is 6.20. The Morgan fingerprint density at radius 2 is 1.86 bits per heavy atom. The maximum atomic E-state index is 13.2. The highest BCUT2D eigenvalue weighted by Crippen LogP contribution is 2.34. The van der Waals surface area contributed by atoms with Crippen LogP contribution in [-0.4, -0.2) is 27.0 Å². The zero-order valence-corrected chi connectivity index (χ0v) is 16.2. The van der Waals surface area contributed by atoms with Gasteiger partial charge in [-0.3, -0.25) is 9.78 Å². The summed E-state index contributed by atoms with van der Waals surface area (Å²) in [6.45, 7) is 2.60. The van der Waals surface area contributed by atoms with Crippen LogP contribution < -0.4 is 4.90 Å². The molecule has 4 aromatic rings. The highest BCUT2D eigenvalue weighted by molar-refractivity contribution is 7.16. The van der Waals surface area contributed by atoms with E-state index in [2.05, 4.69) is 28.2 Å². The van der Waals surface area contributed by atoms with Crippen molar-refractivity contribution in [3.05, 3.63) is 83.4 Å². The Labute approximate surface area is 166 Å². The van der Waals surface area contributed by atoms with Crippen molar-refractivity contribution in [3.63, 3.8) is 0 Å². The number of pyridine rings is 1. The maximum absolute atomic E-state index is 13.2. The summed E-state index contributed by atoms with van der Waals surface area (Å²) in [6.07, 6.45) is 8.35. The van der Waals surface area contributed by atoms with Crippen molar-refractivity contribution >= 4 is 22.9 Å². The first-order valence-electron chi connectivity index (χ1n) is 9.17. The molecule has 0 saturated heterocycles. The average Bonchev–Trinajstić information content (AvgIpc) is 3.47. The molecule has 0 fully saturated rings. The lowest BCUT2D eigenvalue weighted by atomic mass is 10.0. The Morgan fingerprint density at radius 1 is 1.07 bits per heavy atom. The molecule has 138 valence electrons. The van der Waals surface area contributed by atoms with E-state index in [4.69, 9.17) is 0 Å². The lowest BCUT2D eigenvalue weighted by Crippen LogP contribution is -2.28. The van der Waals surface area contributed by atoms with Gasteiger partial charge in [-0.05, 0) is 66.4 Å². The molecule has 1 aliphatic rings. The van der Waals surface area contributed by atoms with Crippen LogP contribution in [0.25, 0.3) is 16.3 Å². The molecule has 0 bridgehead atoms. The number of thiazole rings is 1. The number of rotatable bonds is 3. The van der Waals surface area contributed by atoms with Gasteiger partial charge in [0.25, 0.3) is 5.91 Å². The van der Waals surface area contributed by atoms with Crippen molar-refractivity contribution in [2.75, 3.05) is 11.4 Å². The molecule has 1 amide bonds. The van der Waals surface area contributed by atoms with Gasteiger partial charge >= 0.3 is 0 Å². The number of benzene rings is 1. The Hall–Kier alpha value is -3.25. The van der Waals surface area contributed by atoms with E-state index in [1.54, 1.807) is 12.4 Å². The number of aryl methyl sites for hydroxylation is 1. The molecule has 0 N–H and O–H groups in total. The van der Waals surface area contributed by atoms with E-state index in [0.29, 0.717) is 11.4 Å². The lowest BCUT2D eigenvalue weighted by molar-refractivity contribution is 0.0992. The third kappa shape index (κ3) is 2.82. The monoisotopic (exact) mass is 386 g/mol. The van der Waals surface area contributed by atoms with Gasteiger partial charge in [0.2, 0.25) is 0 Å². The topological polar surface area (TPSA) is 51.0 Å². The van der Waals surface area contributed by atoms with Crippen molar-refractivity contribution in [1.82, 2.24) is 14.5 Å². The third-order valence-electron chi connectivity index (χ3n) is 5.04. The zero-order chi connectivity index (χ0) is 19.1. The fourth-order valence-electron chi connectivity index (χ4n) is 3.61. The molecule has 0 atom stereocenters. The van der Waals surface area contributed by atoms with Crippen molar-refractivity contribution < 1.29 is 4.79 Å². The van der Waals surface area contributed by atoms with Crippen LogP contribution in [0.1, 0.15) is 20.9 Å². The van der Waals surface area contributed by atoms with Crippen LogP contribution in [0.5, 0.6) is 0 Å². The van der Waals surface area contributed by atoms with Crippen LogP contribution in [0.2, 0.25) is 0 Å². The summed E-state index contributed by atoms with van der Waals surface area (Å²) in [7, 11) is 0. The molecule has 0 spiro atoms. The van der Waals surface area contributed by atoms with Crippen LogP contribution in [0.4, 0.5) is 5.69 Å². The quantitative estimate of drug-likeness (QED) is 0.521. The first-order chi connectivity index (χ1) is 13.7. The predicted octanol–water partition coefficient (Wildman–Crippen LogP) is 4.51. The van der Waals surface area contributed by atoms with E-state index in [1.165, 1.54) is 16.9 Å². The van der Waals surface area contributed by atoms with E-state index in [1.807, 2.05) is 53.0 Å². The summed E-state index contributed by atoms with van der Waals surface area (Å²) in [5.41, 5.74) is 5.27. The van der Waals surface area contributed by atoms with Crippen molar-refractivity contribution in [2.24, 2.45) is 0 Å². The molecule has 0 saturated carbocycles. The summed E-state index contributed by atoms with van der Waals surface area (Å²) in [5.74, 6) is 0.0313. The molecule has 1 aromatic carbocycles. The second-order valence-corrected chi connectivity index (χ2v) is 7.76. The largest absolute Gasteiger partial charge is 0.307 e. The second-order valence-electron chi connectivity index (χ2n) is 6.79. The molecule has 0 radical (unpaired) electrons. The molecule has 6 heteroatoms. The number of amides is 1. The minimum Gasteiger partial charge on any atom is -0.307 e. The number of hydrogen-bond donors (Lipinski definition) is 0. The summed E-state index contributed by atoms with van der Waals surface area (Å²) in [4.78, 5) is 24.5. The molecular weight excluding hydrogens is 368 g/mol. The van der Waals surface area contributed by atoms with Gasteiger partial charge in [-0.25, -0.2) is 4.98 Å². The van der Waals surface area contributed by atoms with Gasteiger partial charge in [0.15, 0.2) is 5.13 Å². The SMILES string of the molecule is Cc1nc(-n2cccc2)sc1C(=O)N1CCc2cc(-c3ccncc3)ccc21. The van der Waals surface area contributed by atoms with E-state index < -0.39 is 0 Å². The molecular formula is C22H18N4OS. The highest BCUT2D eigenvalue weighted by atomic mass is 32.1. The number of fused-ring (bicyclic) bond motifs is 1. The summed E-state index contributed by atoms with van der Waals surface area (Å²) < 4.78 is 1.94. The Kier molecular flexibility index (Phi) is 4.06. The van der Waals surface area contributed by atoms with E-state index >= 15 is 0 Å². The predicted molar refractivity (Wildman–Crippen MR) is 111 cm³/mol. The van der Waals surface area contributed by atoms with Crippen LogP contribution >= 0.6 is 11.3 Å². The van der Waals surface area contributed by atoms with Gasteiger partial charge in [0.1, 0.15) is 4.88 Å². The molecule has 28 heavy (non-hydrogen) atoms. The zero-order valence-electron chi connectivity index (χ0n) is 15.4. The van der Waals surface area contributed by atoms with Crippen LogP contribution in [0.15, 0.2) is 67.3 Å². The summed E-state index contributed by atoms with van der Waals surface area (Å²) in [6, 6.07) is 14.2. The first kappa shape index (κ1) is 16.9. The van der Waals surface area contributed by atoms with Crippen molar-refractivity contribution in [1.29, 1.82) is 0 Å². The average molecular weight is 386 g/mol. The van der Waals surface area contributed by atoms with E-state index in [-0.39, 0.29) is 5.91 Å². The van der Waals surface area contributed by atoms with Gasteiger partial charge in [0.05, 0.1) is 5.69 Å². The van der Waals surface area contributed by atoms with Gasteiger partial charge in [-0.2, -0.15) is 0 Å². The second kappa shape index (κ2) is 6.73. The molecule has 5 nitrogen and oxygen atoms in total. The van der Waals surface area contributed by atoms with Gasteiger partial charge in [0, 0.05) is 37.0 Å². The van der Waals surface area contributed by atoms with Crippen LogP contribution in [0.3, 0.4) is 0 Å². The van der Waals surface area contributed by atoms with Crippen LogP contribution in [0, 0.1) is 6.92 Å². The normalized spacial score (nSPS) is 13.0. The molecule has 0 aliphatic carbocycles. The lowest BCUT2D eigenvalue weighted by Gasteiger charge is -2.17. The van der Waals surface area contributed by atoms with Gasteiger partial charge in [-0.1, -0.05) is 17.4 Å². The Balaban J connectivity index is 1.46. The number of nitrogens with zero attached hydrogens (tertiary/aromatic N) is 4. The standard InChI is InChI=1S/C22H18N4OS/c1-15-20(28-22(24-15)25-11-2-3-12-25)21(27)26-13-8-18-14-17(4-5-19(18)26)16-6-9-23-10-7-16/h2-7,9-12,14H,8,13H2,1H3. The smallest absolute Gasteiger partial charge is 0.270 e. The molecule has 3 aromatic heterocycles. The van der Waals surface area contributed by atoms with Gasteiger partial charge < -0.3 is 9.47 Å². The highest BCUT2D eigenvalue weighted by Gasteiger charge is 2.28. The number of carbonyl (C=O) groups is 1. The number of aromatic nitrogens is 3. The minimum atomic E-state index is 0.0313. The van der Waals surface area contributed by atoms with E-state index in [0.717, 1.165) is 34.1 Å². The molecule has 0 unspecified atom stereocenters. The Bertz CT molecular complexity index is 1150. The summed E-state index contributed by atoms with van der Waals surface area (Å²) >= 11 is 1.44. The number of hydrogen-bond acceptors (Lipinski definition) is 4. The fourth-order valence-corrected chi connectivity index (χ4v) is 4.60. The first-order valence-corrected chi connectivity index (χ1v) is 9.98. The molecule has 4 heterocycles. The van der Waals surface area contributed by atoms with Gasteiger partial charge in [-0.15, -0.1) is 0 Å². The Morgan fingerprint density at radius 3 is 2.64 bits per heavy atom. The fraction of sp³-hybridized carbons (Fsp3) is 0.136. The number of carbonyl (C=O) groups excluding carboxylic acids is 1.